The van der Waals surface area contributed by atoms with Crippen molar-refractivity contribution in [1.29, 1.82) is 0 Å². The predicted molar refractivity (Wildman–Crippen MR) is 58.0 cm³/mol. The highest BCUT2D eigenvalue weighted by atomic mass is 35.5. The van der Waals surface area contributed by atoms with Crippen LogP contribution in [-0.2, 0) is 10.2 Å². The Hall–Kier alpha value is -0.530. The number of alkyl halides is 2. The summed E-state index contributed by atoms with van der Waals surface area (Å²) in [4.78, 5) is 11.0. The minimum atomic E-state index is -0.913. The van der Waals surface area contributed by atoms with E-state index < -0.39 is 9.75 Å². The van der Waals surface area contributed by atoms with Gasteiger partial charge in [0, 0.05) is 6.42 Å². The van der Waals surface area contributed by atoms with Crippen molar-refractivity contribution < 1.29 is 4.79 Å². The van der Waals surface area contributed by atoms with Crippen molar-refractivity contribution in [2.45, 2.75) is 23.1 Å². The largest absolute Gasteiger partial charge is 0.302 e. The minimum absolute atomic E-state index is 0.510. The molecule has 0 heterocycles. The van der Waals surface area contributed by atoms with Gasteiger partial charge in [-0.15, -0.1) is 23.2 Å². The zero-order valence-electron chi connectivity index (χ0n) is 7.76. The average molecular weight is 229 g/mol. The van der Waals surface area contributed by atoms with E-state index in [0.29, 0.717) is 6.42 Å². The molecule has 1 fully saturated rings. The van der Waals surface area contributed by atoms with Gasteiger partial charge in [0.25, 0.3) is 0 Å². The Morgan fingerprint density at radius 3 is 2.14 bits per heavy atom. The lowest BCUT2D eigenvalue weighted by molar-refractivity contribution is -0.109. The van der Waals surface area contributed by atoms with E-state index >= 15 is 0 Å². The fraction of sp³-hybridized carbons (Fsp3) is 0.364. The number of carbonyl (C=O) groups is 1. The molecule has 2 rings (SSSR count). The zero-order chi connectivity index (χ0) is 10.4. The second-order valence-electron chi connectivity index (χ2n) is 3.84. The first-order valence-corrected chi connectivity index (χ1v) is 5.19. The fourth-order valence-electron chi connectivity index (χ4n) is 1.67. The van der Waals surface area contributed by atoms with Gasteiger partial charge >= 0.3 is 0 Å². The molecule has 1 atom stereocenters. The summed E-state index contributed by atoms with van der Waals surface area (Å²) in [5.41, 5.74) is 1.39. The van der Waals surface area contributed by atoms with Gasteiger partial charge in [-0.1, -0.05) is 29.8 Å². The quantitative estimate of drug-likeness (QED) is 0.562. The molecule has 1 saturated carbocycles. The van der Waals surface area contributed by atoms with Crippen molar-refractivity contribution in [1.82, 2.24) is 0 Å². The van der Waals surface area contributed by atoms with E-state index in [1.165, 1.54) is 0 Å². The lowest BCUT2D eigenvalue weighted by Crippen LogP contribution is -2.16. The maximum atomic E-state index is 11.0. The number of hydrogen-bond donors (Lipinski definition) is 0. The first-order valence-electron chi connectivity index (χ1n) is 4.43. The number of carbonyl (C=O) groups excluding carboxylic acids is 1. The second kappa shape index (κ2) is 2.98. The summed E-state index contributed by atoms with van der Waals surface area (Å²) in [6.07, 6.45) is 1.37. The van der Waals surface area contributed by atoms with Gasteiger partial charge in [0.1, 0.15) is 10.6 Å². The summed E-state index contributed by atoms with van der Waals surface area (Å²) >= 11 is 11.9. The smallest absolute Gasteiger partial charge is 0.136 e. The average Bonchev–Trinajstić information content (AvgIpc) is 2.71. The lowest BCUT2D eigenvalue weighted by atomic mass is 9.97. The summed E-state index contributed by atoms with van der Waals surface area (Å²) in [5.74, 6) is 0. The van der Waals surface area contributed by atoms with Crippen LogP contribution in [0, 0.1) is 6.92 Å². The molecule has 0 aliphatic heterocycles. The van der Waals surface area contributed by atoms with Crippen LogP contribution in [0.1, 0.15) is 17.5 Å². The molecule has 74 valence electrons. The van der Waals surface area contributed by atoms with Gasteiger partial charge in [-0.25, -0.2) is 0 Å². The van der Waals surface area contributed by atoms with E-state index in [1.54, 1.807) is 0 Å². The zero-order valence-corrected chi connectivity index (χ0v) is 9.27. The van der Waals surface area contributed by atoms with Crippen molar-refractivity contribution >= 4 is 29.5 Å². The van der Waals surface area contributed by atoms with Gasteiger partial charge in [0.05, 0.1) is 5.41 Å². The monoisotopic (exact) mass is 228 g/mol. The van der Waals surface area contributed by atoms with Gasteiger partial charge in [-0.05, 0) is 12.5 Å². The fourth-order valence-corrected chi connectivity index (χ4v) is 2.39. The molecule has 1 aliphatic rings. The molecule has 1 aromatic rings. The van der Waals surface area contributed by atoms with E-state index in [9.17, 15) is 4.79 Å². The summed E-state index contributed by atoms with van der Waals surface area (Å²) in [6, 6.07) is 7.75. The Kier molecular flexibility index (Phi) is 2.13. The van der Waals surface area contributed by atoms with Gasteiger partial charge in [0.15, 0.2) is 0 Å². The molecule has 0 bridgehead atoms. The van der Waals surface area contributed by atoms with Crippen LogP contribution in [0.4, 0.5) is 0 Å². The molecule has 0 N–H and O–H groups in total. The standard InChI is InChI=1S/C11H10Cl2O/c1-8-2-4-9(5-3-8)10(7-14)6-11(10,12)13/h2-5,7H,6H2,1H3. The van der Waals surface area contributed by atoms with E-state index in [-0.39, 0.29) is 0 Å². The molecule has 0 aromatic heterocycles. The molecular formula is C11H10Cl2O. The summed E-state index contributed by atoms with van der Waals surface area (Å²) in [7, 11) is 0. The highest BCUT2D eigenvalue weighted by molar-refractivity contribution is 6.53. The van der Waals surface area contributed by atoms with Crippen molar-refractivity contribution in [3.05, 3.63) is 35.4 Å². The first-order chi connectivity index (χ1) is 6.52. The normalized spacial score (nSPS) is 28.5. The van der Waals surface area contributed by atoms with Gasteiger partial charge < -0.3 is 4.79 Å². The number of aryl methyl sites for hydroxylation is 1. The molecule has 1 aliphatic carbocycles. The second-order valence-corrected chi connectivity index (χ2v) is 5.32. The molecule has 1 aromatic carbocycles. The minimum Gasteiger partial charge on any atom is -0.302 e. The topological polar surface area (TPSA) is 17.1 Å². The van der Waals surface area contributed by atoms with Crippen molar-refractivity contribution in [2.75, 3.05) is 0 Å². The third-order valence-electron chi connectivity index (χ3n) is 2.80. The molecule has 1 nitrogen and oxygen atoms in total. The number of halogens is 2. The maximum absolute atomic E-state index is 11.0. The summed E-state index contributed by atoms with van der Waals surface area (Å²) < 4.78 is -0.913. The van der Waals surface area contributed by atoms with E-state index in [1.807, 2.05) is 31.2 Å². The van der Waals surface area contributed by atoms with Crippen LogP contribution in [0.25, 0.3) is 0 Å². The summed E-state index contributed by atoms with van der Waals surface area (Å²) in [6.45, 7) is 2.00. The Balaban J connectivity index is 2.40. The Morgan fingerprint density at radius 1 is 1.29 bits per heavy atom. The van der Waals surface area contributed by atoms with Crippen molar-refractivity contribution in [3.8, 4) is 0 Å². The van der Waals surface area contributed by atoms with E-state index in [0.717, 1.165) is 17.4 Å². The molecule has 3 heteroatoms. The molecule has 0 spiro atoms. The number of hydrogen-bond acceptors (Lipinski definition) is 1. The lowest BCUT2D eigenvalue weighted by Gasteiger charge is -2.10. The van der Waals surface area contributed by atoms with Crippen LogP contribution < -0.4 is 0 Å². The number of rotatable bonds is 2. The molecule has 1 unspecified atom stereocenters. The molecular weight excluding hydrogens is 219 g/mol. The van der Waals surface area contributed by atoms with Crippen LogP contribution in [0.5, 0.6) is 0 Å². The predicted octanol–water partition coefficient (Wildman–Crippen LogP) is 3.01. The highest BCUT2D eigenvalue weighted by Crippen LogP contribution is 2.63. The SMILES string of the molecule is Cc1ccc(C2(C=O)CC2(Cl)Cl)cc1. The highest BCUT2D eigenvalue weighted by Gasteiger charge is 2.67. The number of aldehydes is 1. The van der Waals surface area contributed by atoms with Crippen LogP contribution in [-0.4, -0.2) is 10.6 Å². The van der Waals surface area contributed by atoms with Gasteiger partial charge in [0.2, 0.25) is 0 Å². The summed E-state index contributed by atoms with van der Waals surface area (Å²) in [5, 5.41) is 0. The van der Waals surface area contributed by atoms with Crippen LogP contribution >= 0.6 is 23.2 Å². The molecule has 0 radical (unpaired) electrons. The maximum Gasteiger partial charge on any atom is 0.136 e. The Morgan fingerprint density at radius 2 is 1.79 bits per heavy atom. The third kappa shape index (κ3) is 1.27. The van der Waals surface area contributed by atoms with Gasteiger partial charge in [-0.2, -0.15) is 0 Å². The first kappa shape index (κ1) is 10.0. The van der Waals surface area contributed by atoms with Crippen molar-refractivity contribution in [2.24, 2.45) is 0 Å². The Bertz CT molecular complexity index is 369. The van der Waals surface area contributed by atoms with Crippen molar-refractivity contribution in [3.63, 3.8) is 0 Å². The molecule has 0 amide bonds. The van der Waals surface area contributed by atoms with Crippen LogP contribution in [0.2, 0.25) is 0 Å². The molecule has 14 heavy (non-hydrogen) atoms. The number of benzene rings is 1. The third-order valence-corrected chi connectivity index (χ3v) is 3.74. The van der Waals surface area contributed by atoms with E-state index in [4.69, 9.17) is 23.2 Å². The molecule has 0 saturated heterocycles. The van der Waals surface area contributed by atoms with E-state index in [2.05, 4.69) is 0 Å². The van der Waals surface area contributed by atoms with Crippen LogP contribution in [0.15, 0.2) is 24.3 Å². The van der Waals surface area contributed by atoms with Crippen LogP contribution in [0.3, 0.4) is 0 Å². The van der Waals surface area contributed by atoms with Gasteiger partial charge in [-0.3, -0.25) is 0 Å². The Labute approximate surface area is 93.0 Å².